The van der Waals surface area contributed by atoms with E-state index in [-0.39, 0.29) is 12.1 Å². The summed E-state index contributed by atoms with van der Waals surface area (Å²) in [6, 6.07) is 3.94. The molecule has 1 saturated heterocycles. The van der Waals surface area contributed by atoms with Crippen LogP contribution in [0.15, 0.2) is 30.6 Å². The summed E-state index contributed by atoms with van der Waals surface area (Å²) < 4.78 is 6.13. The van der Waals surface area contributed by atoms with E-state index in [4.69, 9.17) is 20.4 Å². The van der Waals surface area contributed by atoms with Gasteiger partial charge in [0.2, 0.25) is 0 Å². The number of nitrogens with two attached hydrogens (primary N) is 1. The van der Waals surface area contributed by atoms with Crippen LogP contribution in [-0.2, 0) is 0 Å². The standard InChI is InChI=1S/C21H26N7O/c1-13(16-6-9-27(2)26-16)29-18-10-15(12-23-20(18)22)17-11-19(28-7-3-8-28)25-21(24-17)14-4-5-14/h6,9-14,16H,3-5,7-8H2,1-2H3,(H2,22,23)/q-1. The SMILES string of the molecule is CC(Oc1cc(-c2cc(N3CCC3)nc(C3CC3)n2)cnc1N)C1C=CN(C)[N-]1. The fraction of sp³-hybridized carbons (Fsp3) is 0.476. The molecule has 29 heavy (non-hydrogen) atoms. The van der Waals surface area contributed by atoms with E-state index in [1.807, 2.05) is 32.3 Å². The van der Waals surface area contributed by atoms with E-state index >= 15 is 0 Å². The first-order valence-corrected chi connectivity index (χ1v) is 10.3. The van der Waals surface area contributed by atoms with Gasteiger partial charge >= 0.3 is 0 Å². The normalized spacial score (nSPS) is 21.9. The molecule has 2 atom stereocenters. The van der Waals surface area contributed by atoms with Crippen molar-refractivity contribution in [3.63, 3.8) is 0 Å². The first-order chi connectivity index (χ1) is 14.1. The Labute approximate surface area is 170 Å². The van der Waals surface area contributed by atoms with Gasteiger partial charge in [-0.15, -0.1) is 0 Å². The maximum atomic E-state index is 6.13. The van der Waals surface area contributed by atoms with Gasteiger partial charge in [-0.3, -0.25) is 0 Å². The molecular formula is C21H26N7O-. The number of nitrogen functional groups attached to an aromatic ring is 1. The van der Waals surface area contributed by atoms with Crippen molar-refractivity contribution in [2.24, 2.45) is 0 Å². The molecule has 1 aliphatic carbocycles. The van der Waals surface area contributed by atoms with Crippen molar-refractivity contribution in [3.8, 4) is 17.0 Å². The molecule has 2 aromatic rings. The van der Waals surface area contributed by atoms with Crippen LogP contribution in [0.2, 0.25) is 0 Å². The predicted octanol–water partition coefficient (Wildman–Crippen LogP) is 3.09. The molecule has 8 nitrogen and oxygen atoms in total. The molecule has 152 valence electrons. The quantitative estimate of drug-likeness (QED) is 0.807. The highest BCUT2D eigenvalue weighted by Gasteiger charge is 2.29. The van der Waals surface area contributed by atoms with E-state index in [1.165, 1.54) is 19.3 Å². The Kier molecular flexibility index (Phi) is 4.50. The molecular weight excluding hydrogens is 366 g/mol. The van der Waals surface area contributed by atoms with Crippen molar-refractivity contribution in [1.82, 2.24) is 20.0 Å². The van der Waals surface area contributed by atoms with E-state index in [1.54, 1.807) is 11.2 Å². The Morgan fingerprint density at radius 1 is 1.24 bits per heavy atom. The fourth-order valence-electron chi connectivity index (χ4n) is 3.54. The van der Waals surface area contributed by atoms with Crippen LogP contribution in [0.1, 0.15) is 37.9 Å². The summed E-state index contributed by atoms with van der Waals surface area (Å²) >= 11 is 0. The number of hydrogen-bond acceptors (Lipinski definition) is 7. The maximum Gasteiger partial charge on any atom is 0.166 e. The van der Waals surface area contributed by atoms with Crippen molar-refractivity contribution in [2.75, 3.05) is 30.8 Å². The van der Waals surface area contributed by atoms with Crippen LogP contribution in [0.25, 0.3) is 16.7 Å². The third kappa shape index (κ3) is 3.72. The summed E-state index contributed by atoms with van der Waals surface area (Å²) in [5.74, 6) is 3.37. The number of hydrogen-bond donors (Lipinski definition) is 1. The van der Waals surface area contributed by atoms with Gasteiger partial charge in [0.05, 0.1) is 11.8 Å². The number of ether oxygens (including phenoxy) is 1. The van der Waals surface area contributed by atoms with Crippen molar-refractivity contribution in [2.45, 2.75) is 44.2 Å². The zero-order valence-electron chi connectivity index (χ0n) is 16.8. The topological polar surface area (TPSA) is 94.5 Å². The Bertz CT molecular complexity index is 939. The molecule has 2 aromatic heterocycles. The minimum Gasteiger partial charge on any atom is -0.560 e. The summed E-state index contributed by atoms with van der Waals surface area (Å²) in [6.07, 6.45) is 9.11. The van der Waals surface area contributed by atoms with Gasteiger partial charge < -0.3 is 25.8 Å². The first kappa shape index (κ1) is 18.2. The van der Waals surface area contributed by atoms with Crippen LogP contribution >= 0.6 is 0 Å². The number of anilines is 2. The van der Waals surface area contributed by atoms with E-state index in [2.05, 4.69) is 21.4 Å². The largest absolute Gasteiger partial charge is 0.560 e. The van der Waals surface area contributed by atoms with E-state index in [9.17, 15) is 0 Å². The molecule has 2 N–H and O–H groups in total. The van der Waals surface area contributed by atoms with Crippen molar-refractivity contribution < 1.29 is 4.74 Å². The second-order valence-electron chi connectivity index (χ2n) is 8.04. The predicted molar refractivity (Wildman–Crippen MR) is 113 cm³/mol. The van der Waals surface area contributed by atoms with Crippen LogP contribution < -0.4 is 15.4 Å². The monoisotopic (exact) mass is 392 g/mol. The van der Waals surface area contributed by atoms with Gasteiger partial charge in [-0.25, -0.2) is 15.0 Å². The van der Waals surface area contributed by atoms with Gasteiger partial charge in [-0.05, 0) is 45.5 Å². The summed E-state index contributed by atoms with van der Waals surface area (Å²) in [5, 5.41) is 1.79. The lowest BCUT2D eigenvalue weighted by atomic mass is 10.1. The van der Waals surface area contributed by atoms with Crippen LogP contribution in [0.4, 0.5) is 11.6 Å². The Hall–Kier alpha value is -2.87. The molecule has 0 spiro atoms. The van der Waals surface area contributed by atoms with Gasteiger partial charge in [-0.1, -0.05) is 12.1 Å². The maximum absolute atomic E-state index is 6.13. The van der Waals surface area contributed by atoms with Gasteiger partial charge in [0.15, 0.2) is 11.6 Å². The minimum absolute atomic E-state index is 0.0402. The Morgan fingerprint density at radius 2 is 2.07 bits per heavy atom. The first-order valence-electron chi connectivity index (χ1n) is 10.3. The van der Waals surface area contributed by atoms with Crippen LogP contribution in [0.5, 0.6) is 5.75 Å². The molecule has 0 radical (unpaired) electrons. The van der Waals surface area contributed by atoms with Crippen LogP contribution in [0, 0.1) is 0 Å². The summed E-state index contributed by atoms with van der Waals surface area (Å²) in [5.41, 5.74) is 12.4. The molecule has 2 fully saturated rings. The second kappa shape index (κ2) is 7.18. The number of aromatic nitrogens is 3. The van der Waals surface area contributed by atoms with E-state index in [0.717, 1.165) is 36.0 Å². The third-order valence-electron chi connectivity index (χ3n) is 5.64. The molecule has 2 unspecified atom stereocenters. The van der Waals surface area contributed by atoms with Crippen LogP contribution in [0.3, 0.4) is 0 Å². The minimum atomic E-state index is -0.153. The third-order valence-corrected chi connectivity index (χ3v) is 5.64. The lowest BCUT2D eigenvalue weighted by molar-refractivity contribution is 0.213. The summed E-state index contributed by atoms with van der Waals surface area (Å²) in [7, 11) is 1.90. The molecule has 0 amide bonds. The van der Waals surface area contributed by atoms with E-state index < -0.39 is 0 Å². The smallest absolute Gasteiger partial charge is 0.166 e. The Morgan fingerprint density at radius 3 is 2.72 bits per heavy atom. The molecule has 4 heterocycles. The second-order valence-corrected chi connectivity index (χ2v) is 8.04. The Balaban J connectivity index is 1.43. The number of nitrogens with zero attached hydrogens (tertiary/aromatic N) is 6. The highest BCUT2D eigenvalue weighted by atomic mass is 16.5. The molecule has 3 aliphatic rings. The average molecular weight is 392 g/mol. The van der Waals surface area contributed by atoms with Crippen molar-refractivity contribution in [1.29, 1.82) is 0 Å². The molecule has 0 bridgehead atoms. The molecule has 5 rings (SSSR count). The molecule has 2 aliphatic heterocycles. The van der Waals surface area contributed by atoms with Crippen molar-refractivity contribution >= 4 is 11.6 Å². The fourth-order valence-corrected chi connectivity index (χ4v) is 3.54. The number of rotatable bonds is 6. The molecule has 0 aromatic carbocycles. The average Bonchev–Trinajstić information content (AvgIpc) is 3.43. The lowest BCUT2D eigenvalue weighted by Crippen LogP contribution is -2.37. The van der Waals surface area contributed by atoms with Gasteiger partial charge in [0.25, 0.3) is 0 Å². The highest BCUT2D eigenvalue weighted by Crippen LogP contribution is 2.40. The van der Waals surface area contributed by atoms with Crippen LogP contribution in [-0.4, -0.2) is 52.2 Å². The highest BCUT2D eigenvalue weighted by molar-refractivity contribution is 5.67. The zero-order valence-corrected chi connectivity index (χ0v) is 16.8. The summed E-state index contributed by atoms with van der Waals surface area (Å²) in [4.78, 5) is 16.3. The molecule has 1 saturated carbocycles. The van der Waals surface area contributed by atoms with Crippen molar-refractivity contribution in [3.05, 3.63) is 41.9 Å². The lowest BCUT2D eigenvalue weighted by Gasteiger charge is -2.35. The zero-order chi connectivity index (χ0) is 20.0. The van der Waals surface area contributed by atoms with Gasteiger partial charge in [0.1, 0.15) is 11.6 Å². The summed E-state index contributed by atoms with van der Waals surface area (Å²) in [6.45, 7) is 4.10. The van der Waals surface area contributed by atoms with Gasteiger partial charge in [-0.2, -0.15) is 0 Å². The number of pyridine rings is 1. The van der Waals surface area contributed by atoms with Gasteiger partial charge in [0, 0.05) is 36.8 Å². The molecule has 8 heteroatoms. The van der Waals surface area contributed by atoms with E-state index in [0.29, 0.717) is 17.5 Å².